The fraction of sp³-hybridized carbons (Fsp3) is 1.00. The van der Waals surface area contributed by atoms with E-state index >= 15 is 0 Å². The van der Waals surface area contributed by atoms with Gasteiger partial charge < -0.3 is 20.3 Å². The molecule has 0 radical (unpaired) electrons. The Bertz CT molecular complexity index is 195. The predicted octanol–water partition coefficient (Wildman–Crippen LogP) is 1.06. The maximum atomic E-state index is 9.67. The van der Waals surface area contributed by atoms with Crippen LogP contribution < -0.4 is 5.32 Å². The molecule has 0 spiro atoms. The van der Waals surface area contributed by atoms with Gasteiger partial charge in [0, 0.05) is 18.7 Å². The van der Waals surface area contributed by atoms with Gasteiger partial charge in [0.2, 0.25) is 0 Å². The van der Waals surface area contributed by atoms with E-state index in [-0.39, 0.29) is 12.1 Å². The third-order valence-corrected chi connectivity index (χ3v) is 3.32. The van der Waals surface area contributed by atoms with Crippen molar-refractivity contribution >= 4 is 0 Å². The number of aliphatic hydroxyl groups is 2. The first-order chi connectivity index (χ1) is 8.22. The third-order valence-electron chi connectivity index (χ3n) is 3.32. The highest BCUT2D eigenvalue weighted by Gasteiger charge is 2.41. The lowest BCUT2D eigenvalue weighted by molar-refractivity contribution is 0.0323. The second-order valence-electron chi connectivity index (χ2n) is 5.11. The first-order valence-electron chi connectivity index (χ1n) is 6.84. The molecular formula is C13H27NO3. The van der Waals surface area contributed by atoms with Crippen LogP contribution in [0.25, 0.3) is 0 Å². The summed E-state index contributed by atoms with van der Waals surface area (Å²) in [6, 6.07) is 0. The summed E-state index contributed by atoms with van der Waals surface area (Å²) in [7, 11) is 0. The minimum absolute atomic E-state index is 0.0951. The van der Waals surface area contributed by atoms with Gasteiger partial charge >= 0.3 is 0 Å². The van der Waals surface area contributed by atoms with Crippen molar-refractivity contribution in [2.45, 2.75) is 57.1 Å². The molecule has 102 valence electrons. The molecule has 0 amide bonds. The van der Waals surface area contributed by atoms with E-state index in [0.717, 1.165) is 25.9 Å². The van der Waals surface area contributed by atoms with Crippen molar-refractivity contribution in [2.75, 3.05) is 26.4 Å². The zero-order chi connectivity index (χ0) is 12.6. The molecule has 1 unspecified atom stereocenters. The Morgan fingerprint density at radius 1 is 1.29 bits per heavy atom. The van der Waals surface area contributed by atoms with E-state index in [9.17, 15) is 5.11 Å². The molecule has 0 heterocycles. The Morgan fingerprint density at radius 2 is 2.06 bits per heavy atom. The summed E-state index contributed by atoms with van der Waals surface area (Å²) in [5.41, 5.74) is -0.0951. The summed E-state index contributed by atoms with van der Waals surface area (Å²) in [6.07, 6.45) is 6.32. The van der Waals surface area contributed by atoms with Crippen LogP contribution in [0.3, 0.4) is 0 Å². The molecule has 0 saturated heterocycles. The predicted molar refractivity (Wildman–Crippen MR) is 68.0 cm³/mol. The van der Waals surface area contributed by atoms with Crippen molar-refractivity contribution in [3.05, 3.63) is 0 Å². The minimum Gasteiger partial charge on any atom is -0.394 e. The quantitative estimate of drug-likeness (QED) is 0.476. The summed E-state index contributed by atoms with van der Waals surface area (Å²) in [6.45, 7) is 3.99. The van der Waals surface area contributed by atoms with Crippen molar-refractivity contribution in [1.29, 1.82) is 0 Å². The highest BCUT2D eigenvalue weighted by atomic mass is 16.5. The van der Waals surface area contributed by atoms with Gasteiger partial charge in [-0.1, -0.05) is 26.2 Å². The van der Waals surface area contributed by atoms with Crippen LogP contribution in [-0.4, -0.2) is 48.2 Å². The highest BCUT2D eigenvalue weighted by Crippen LogP contribution is 2.34. The number of aliphatic hydroxyl groups excluding tert-OH is 2. The number of hydrogen-bond acceptors (Lipinski definition) is 4. The lowest BCUT2D eigenvalue weighted by Gasteiger charge is -2.17. The largest absolute Gasteiger partial charge is 0.394 e. The standard InChI is InChI=1S/C13H27NO3/c1-2-3-4-5-8-17-10-12(16)9-14-13(11-15)6-7-13/h12,14-16H,2-11H2,1H3. The maximum Gasteiger partial charge on any atom is 0.0897 e. The maximum absolute atomic E-state index is 9.67. The van der Waals surface area contributed by atoms with Gasteiger partial charge in [-0.05, 0) is 19.3 Å². The van der Waals surface area contributed by atoms with Crippen molar-refractivity contribution in [1.82, 2.24) is 5.32 Å². The number of rotatable bonds is 11. The van der Waals surface area contributed by atoms with Crippen LogP contribution >= 0.6 is 0 Å². The Balaban J connectivity index is 1.89. The molecule has 4 nitrogen and oxygen atoms in total. The third kappa shape index (κ3) is 6.36. The summed E-state index contributed by atoms with van der Waals surface area (Å²) >= 11 is 0. The SMILES string of the molecule is CCCCCCOCC(O)CNC1(CO)CC1. The van der Waals surface area contributed by atoms with Crippen LogP contribution in [0.1, 0.15) is 45.4 Å². The second kappa shape index (κ2) is 8.03. The van der Waals surface area contributed by atoms with E-state index in [4.69, 9.17) is 9.84 Å². The average Bonchev–Trinajstić information content (AvgIpc) is 3.12. The monoisotopic (exact) mass is 245 g/mol. The smallest absolute Gasteiger partial charge is 0.0897 e. The Labute approximate surface area is 104 Å². The minimum atomic E-state index is -0.467. The van der Waals surface area contributed by atoms with Crippen LogP contribution in [0.15, 0.2) is 0 Å². The van der Waals surface area contributed by atoms with Gasteiger partial charge in [0.15, 0.2) is 0 Å². The van der Waals surface area contributed by atoms with E-state index in [0.29, 0.717) is 13.2 Å². The van der Waals surface area contributed by atoms with E-state index in [1.165, 1.54) is 19.3 Å². The molecule has 1 aliphatic rings. The van der Waals surface area contributed by atoms with Gasteiger partial charge in [0.05, 0.1) is 19.3 Å². The van der Waals surface area contributed by atoms with Crippen LogP contribution in [0.4, 0.5) is 0 Å². The highest BCUT2D eigenvalue weighted by molar-refractivity contribution is 5.01. The molecule has 1 saturated carbocycles. The zero-order valence-corrected chi connectivity index (χ0v) is 11.0. The summed E-state index contributed by atoms with van der Waals surface area (Å²) in [4.78, 5) is 0. The van der Waals surface area contributed by atoms with Crippen molar-refractivity contribution in [3.63, 3.8) is 0 Å². The molecule has 0 bridgehead atoms. The van der Waals surface area contributed by atoms with Crippen LogP contribution in [0, 0.1) is 0 Å². The van der Waals surface area contributed by atoms with E-state index in [1.54, 1.807) is 0 Å². The molecule has 1 fully saturated rings. The lowest BCUT2D eigenvalue weighted by atomic mass is 10.2. The molecule has 1 atom stereocenters. The Kier molecular flexibility index (Phi) is 7.04. The molecule has 17 heavy (non-hydrogen) atoms. The van der Waals surface area contributed by atoms with E-state index in [1.807, 2.05) is 0 Å². The molecule has 4 heteroatoms. The zero-order valence-electron chi connectivity index (χ0n) is 11.0. The average molecular weight is 245 g/mol. The second-order valence-corrected chi connectivity index (χ2v) is 5.11. The van der Waals surface area contributed by atoms with Crippen LogP contribution in [0.5, 0.6) is 0 Å². The summed E-state index contributed by atoms with van der Waals surface area (Å²) in [5.74, 6) is 0. The topological polar surface area (TPSA) is 61.7 Å². The van der Waals surface area contributed by atoms with Gasteiger partial charge in [-0.25, -0.2) is 0 Å². The molecule has 0 aromatic rings. The molecule has 0 aromatic heterocycles. The molecule has 0 aliphatic heterocycles. The number of unbranched alkanes of at least 4 members (excludes halogenated alkanes) is 3. The van der Waals surface area contributed by atoms with Crippen LogP contribution in [0.2, 0.25) is 0 Å². The number of nitrogens with one attached hydrogen (secondary N) is 1. The van der Waals surface area contributed by atoms with Crippen molar-refractivity contribution in [2.24, 2.45) is 0 Å². The fourth-order valence-corrected chi connectivity index (χ4v) is 1.79. The fourth-order valence-electron chi connectivity index (χ4n) is 1.79. The first-order valence-corrected chi connectivity index (χ1v) is 6.84. The molecule has 1 rings (SSSR count). The van der Waals surface area contributed by atoms with Gasteiger partial charge in [0.1, 0.15) is 0 Å². The normalized spacial score (nSPS) is 19.2. The van der Waals surface area contributed by atoms with Crippen molar-refractivity contribution < 1.29 is 14.9 Å². The molecular weight excluding hydrogens is 218 g/mol. The lowest BCUT2D eigenvalue weighted by Crippen LogP contribution is -2.41. The Hall–Kier alpha value is -0.160. The number of hydrogen-bond donors (Lipinski definition) is 3. The molecule has 0 aromatic carbocycles. The Morgan fingerprint density at radius 3 is 2.65 bits per heavy atom. The van der Waals surface area contributed by atoms with Crippen LogP contribution in [-0.2, 0) is 4.74 Å². The van der Waals surface area contributed by atoms with Gasteiger partial charge in [-0.2, -0.15) is 0 Å². The van der Waals surface area contributed by atoms with Gasteiger partial charge in [-0.3, -0.25) is 0 Å². The number of β-amino-alcohol motifs (C(OH)–C–C–N with tert-alkyl or cyclic N) is 1. The van der Waals surface area contributed by atoms with Gasteiger partial charge in [0.25, 0.3) is 0 Å². The number of ether oxygens (including phenoxy) is 1. The van der Waals surface area contributed by atoms with E-state index < -0.39 is 6.10 Å². The summed E-state index contributed by atoms with van der Waals surface area (Å²) in [5, 5.41) is 22.0. The van der Waals surface area contributed by atoms with Gasteiger partial charge in [-0.15, -0.1) is 0 Å². The molecule has 3 N–H and O–H groups in total. The first kappa shape index (κ1) is 14.9. The molecule has 1 aliphatic carbocycles. The summed E-state index contributed by atoms with van der Waals surface area (Å²) < 4.78 is 5.41. The van der Waals surface area contributed by atoms with E-state index in [2.05, 4.69) is 12.2 Å². The van der Waals surface area contributed by atoms with Crippen molar-refractivity contribution in [3.8, 4) is 0 Å².